The SMILES string of the molecule is CCOc1cccc(S(=O)(=O)NC2CCCC(N)C2)c1.Cl. The highest BCUT2D eigenvalue weighted by atomic mass is 35.5. The van der Waals surface area contributed by atoms with Crippen molar-refractivity contribution in [1.29, 1.82) is 0 Å². The van der Waals surface area contributed by atoms with Gasteiger partial charge in [-0.1, -0.05) is 12.5 Å². The summed E-state index contributed by atoms with van der Waals surface area (Å²) in [6.45, 7) is 2.37. The maximum atomic E-state index is 12.4. The molecule has 1 fully saturated rings. The molecule has 2 atom stereocenters. The van der Waals surface area contributed by atoms with Crippen molar-refractivity contribution < 1.29 is 13.2 Å². The molecule has 0 bridgehead atoms. The fraction of sp³-hybridized carbons (Fsp3) is 0.571. The van der Waals surface area contributed by atoms with Crippen molar-refractivity contribution in [2.24, 2.45) is 5.73 Å². The molecule has 120 valence electrons. The normalized spacial score (nSPS) is 22.4. The van der Waals surface area contributed by atoms with Gasteiger partial charge in [-0.2, -0.15) is 0 Å². The van der Waals surface area contributed by atoms with Crippen LogP contribution in [-0.4, -0.2) is 27.1 Å². The third kappa shape index (κ3) is 5.14. The van der Waals surface area contributed by atoms with Gasteiger partial charge in [0.05, 0.1) is 11.5 Å². The fourth-order valence-electron chi connectivity index (χ4n) is 2.52. The Morgan fingerprint density at radius 2 is 2.14 bits per heavy atom. The van der Waals surface area contributed by atoms with Crippen molar-refractivity contribution in [3.05, 3.63) is 24.3 Å². The highest BCUT2D eigenvalue weighted by Crippen LogP contribution is 2.21. The second-order valence-electron chi connectivity index (χ2n) is 5.15. The van der Waals surface area contributed by atoms with Gasteiger partial charge in [0.25, 0.3) is 0 Å². The molecule has 1 aliphatic rings. The van der Waals surface area contributed by atoms with Crippen LogP contribution >= 0.6 is 12.4 Å². The Labute approximate surface area is 132 Å². The number of nitrogens with two attached hydrogens (primary N) is 1. The van der Waals surface area contributed by atoms with E-state index in [0.29, 0.717) is 18.8 Å². The Hall–Kier alpha value is -0.820. The first-order chi connectivity index (χ1) is 9.51. The third-order valence-electron chi connectivity index (χ3n) is 3.46. The van der Waals surface area contributed by atoms with E-state index in [-0.39, 0.29) is 29.4 Å². The molecule has 0 saturated heterocycles. The predicted molar refractivity (Wildman–Crippen MR) is 85.4 cm³/mol. The zero-order valence-electron chi connectivity index (χ0n) is 12.1. The van der Waals surface area contributed by atoms with E-state index < -0.39 is 10.0 Å². The van der Waals surface area contributed by atoms with Gasteiger partial charge < -0.3 is 10.5 Å². The van der Waals surface area contributed by atoms with E-state index >= 15 is 0 Å². The van der Waals surface area contributed by atoms with Gasteiger partial charge in [-0.25, -0.2) is 13.1 Å². The summed E-state index contributed by atoms with van der Waals surface area (Å²) in [5, 5.41) is 0. The minimum atomic E-state index is -3.51. The minimum absolute atomic E-state index is 0. The van der Waals surface area contributed by atoms with Crippen molar-refractivity contribution in [3.63, 3.8) is 0 Å². The second-order valence-corrected chi connectivity index (χ2v) is 6.87. The van der Waals surface area contributed by atoms with Crippen LogP contribution in [0.5, 0.6) is 5.75 Å². The number of benzene rings is 1. The molecule has 1 aliphatic carbocycles. The van der Waals surface area contributed by atoms with Crippen LogP contribution < -0.4 is 15.2 Å². The smallest absolute Gasteiger partial charge is 0.240 e. The molecule has 1 aromatic carbocycles. The van der Waals surface area contributed by atoms with Crippen LogP contribution in [0.25, 0.3) is 0 Å². The molecule has 0 radical (unpaired) electrons. The summed E-state index contributed by atoms with van der Waals surface area (Å²) in [7, 11) is -3.51. The number of hydrogen-bond acceptors (Lipinski definition) is 4. The van der Waals surface area contributed by atoms with Gasteiger partial charge in [0.1, 0.15) is 5.75 Å². The second kappa shape index (κ2) is 7.98. The topological polar surface area (TPSA) is 81.4 Å². The molecule has 0 amide bonds. The first kappa shape index (κ1) is 18.2. The van der Waals surface area contributed by atoms with Gasteiger partial charge >= 0.3 is 0 Å². The highest BCUT2D eigenvalue weighted by molar-refractivity contribution is 7.89. The fourth-order valence-corrected chi connectivity index (χ4v) is 3.84. The molecule has 0 aliphatic heterocycles. The predicted octanol–water partition coefficient (Wildman–Crippen LogP) is 2.06. The van der Waals surface area contributed by atoms with Crippen LogP contribution in [0.1, 0.15) is 32.6 Å². The Kier molecular flexibility index (Phi) is 6.93. The monoisotopic (exact) mass is 334 g/mol. The van der Waals surface area contributed by atoms with Gasteiger partial charge in [0.2, 0.25) is 10.0 Å². The van der Waals surface area contributed by atoms with Crippen LogP contribution in [-0.2, 0) is 10.0 Å². The van der Waals surface area contributed by atoms with E-state index in [9.17, 15) is 8.42 Å². The molecule has 5 nitrogen and oxygen atoms in total. The zero-order valence-corrected chi connectivity index (χ0v) is 13.8. The number of rotatable bonds is 5. The van der Waals surface area contributed by atoms with Crippen molar-refractivity contribution in [3.8, 4) is 5.75 Å². The average molecular weight is 335 g/mol. The van der Waals surface area contributed by atoms with Crippen molar-refractivity contribution in [2.75, 3.05) is 6.61 Å². The molecule has 1 aromatic rings. The first-order valence-corrected chi connectivity index (χ1v) is 8.50. The molecule has 1 saturated carbocycles. The number of ether oxygens (including phenoxy) is 1. The summed E-state index contributed by atoms with van der Waals surface area (Å²) in [6, 6.07) is 6.58. The third-order valence-corrected chi connectivity index (χ3v) is 4.98. The summed E-state index contributed by atoms with van der Waals surface area (Å²) < 4.78 is 32.8. The lowest BCUT2D eigenvalue weighted by atomic mass is 9.92. The Balaban J connectivity index is 0.00000220. The first-order valence-electron chi connectivity index (χ1n) is 7.02. The quantitative estimate of drug-likeness (QED) is 0.863. The van der Waals surface area contributed by atoms with Crippen molar-refractivity contribution >= 4 is 22.4 Å². The Bertz CT molecular complexity index is 551. The Morgan fingerprint density at radius 3 is 2.81 bits per heavy atom. The summed E-state index contributed by atoms with van der Waals surface area (Å²) in [6.07, 6.45) is 3.48. The van der Waals surface area contributed by atoms with Crippen molar-refractivity contribution in [1.82, 2.24) is 4.72 Å². The largest absolute Gasteiger partial charge is 0.494 e. The van der Waals surface area contributed by atoms with Crippen LogP contribution in [0.15, 0.2) is 29.2 Å². The summed E-state index contributed by atoms with van der Waals surface area (Å²) >= 11 is 0. The standard InChI is InChI=1S/C14H22N2O3S.ClH/c1-2-19-13-7-4-8-14(10-13)20(17,18)16-12-6-3-5-11(15)9-12;/h4,7-8,10-12,16H,2-3,5-6,9,15H2,1H3;1H. The molecule has 2 rings (SSSR count). The number of hydrogen-bond donors (Lipinski definition) is 2. The molecule has 2 unspecified atom stereocenters. The maximum Gasteiger partial charge on any atom is 0.240 e. The molecule has 0 spiro atoms. The van der Waals surface area contributed by atoms with Gasteiger partial charge in [0, 0.05) is 18.2 Å². The van der Waals surface area contributed by atoms with E-state index in [4.69, 9.17) is 10.5 Å². The average Bonchev–Trinajstić information content (AvgIpc) is 2.39. The maximum absolute atomic E-state index is 12.4. The van der Waals surface area contributed by atoms with Gasteiger partial charge in [-0.3, -0.25) is 0 Å². The molecular formula is C14H23ClN2O3S. The number of sulfonamides is 1. The lowest BCUT2D eigenvalue weighted by molar-refractivity contribution is 0.339. The van der Waals surface area contributed by atoms with Crippen molar-refractivity contribution in [2.45, 2.75) is 49.6 Å². The molecule has 3 N–H and O–H groups in total. The van der Waals surface area contributed by atoms with Gasteiger partial charge in [-0.05, 0) is 38.3 Å². The number of halogens is 1. The summed E-state index contributed by atoms with van der Waals surface area (Å²) in [5.74, 6) is 0.565. The molecule has 0 aromatic heterocycles. The van der Waals surface area contributed by atoms with E-state index in [1.807, 2.05) is 6.92 Å². The number of nitrogens with one attached hydrogen (secondary N) is 1. The van der Waals surface area contributed by atoms with Crippen LogP contribution in [0.3, 0.4) is 0 Å². The highest BCUT2D eigenvalue weighted by Gasteiger charge is 2.25. The lowest BCUT2D eigenvalue weighted by Crippen LogP contribution is -2.42. The van der Waals surface area contributed by atoms with E-state index in [0.717, 1.165) is 19.3 Å². The Morgan fingerprint density at radius 1 is 1.38 bits per heavy atom. The summed E-state index contributed by atoms with van der Waals surface area (Å²) in [5.41, 5.74) is 5.89. The molecule has 21 heavy (non-hydrogen) atoms. The van der Waals surface area contributed by atoms with Gasteiger partial charge in [0.15, 0.2) is 0 Å². The minimum Gasteiger partial charge on any atom is -0.494 e. The van der Waals surface area contributed by atoms with Crippen LogP contribution in [0.2, 0.25) is 0 Å². The molecule has 0 heterocycles. The van der Waals surface area contributed by atoms with Gasteiger partial charge in [-0.15, -0.1) is 12.4 Å². The molecule has 7 heteroatoms. The van der Waals surface area contributed by atoms with E-state index in [1.165, 1.54) is 0 Å². The van der Waals surface area contributed by atoms with E-state index in [1.54, 1.807) is 24.3 Å². The zero-order chi connectivity index (χ0) is 14.6. The van der Waals surface area contributed by atoms with Crippen LogP contribution in [0, 0.1) is 0 Å². The molecular weight excluding hydrogens is 312 g/mol. The van der Waals surface area contributed by atoms with Crippen LogP contribution in [0.4, 0.5) is 0 Å². The van der Waals surface area contributed by atoms with E-state index in [2.05, 4.69) is 4.72 Å². The summed E-state index contributed by atoms with van der Waals surface area (Å²) in [4.78, 5) is 0.239. The lowest BCUT2D eigenvalue weighted by Gasteiger charge is -2.27.